The lowest BCUT2D eigenvalue weighted by molar-refractivity contribution is -0.527. The third kappa shape index (κ3) is 3.39. The van der Waals surface area contributed by atoms with Crippen molar-refractivity contribution in [3.05, 3.63) is 71.5 Å². The fourth-order valence-corrected chi connectivity index (χ4v) is 4.09. The molecule has 33 heavy (non-hydrogen) atoms. The number of amides is 3. The number of rotatable bonds is 4. The summed E-state index contributed by atoms with van der Waals surface area (Å²) in [4.78, 5) is 45.3. The van der Waals surface area contributed by atoms with Crippen LogP contribution in [0.4, 0.5) is 9.18 Å². The van der Waals surface area contributed by atoms with Crippen LogP contribution in [0.3, 0.4) is 0 Å². The first-order valence-corrected chi connectivity index (χ1v) is 10.3. The van der Waals surface area contributed by atoms with Crippen molar-refractivity contribution in [1.82, 2.24) is 14.8 Å². The number of ketones is 1. The van der Waals surface area contributed by atoms with E-state index in [1.165, 1.54) is 29.1 Å². The summed E-state index contributed by atoms with van der Waals surface area (Å²) in [5.74, 6) is -0.384. The number of aliphatic imine (C=N–C) groups is 1. The van der Waals surface area contributed by atoms with Gasteiger partial charge < -0.3 is 0 Å². The Morgan fingerprint density at radius 3 is 2.45 bits per heavy atom. The lowest BCUT2D eigenvalue weighted by Gasteiger charge is -2.32. The molecule has 0 saturated carbocycles. The highest BCUT2D eigenvalue weighted by Gasteiger charge is 2.54. The minimum absolute atomic E-state index is 0.119. The van der Waals surface area contributed by atoms with Crippen molar-refractivity contribution in [1.29, 1.82) is 0 Å². The van der Waals surface area contributed by atoms with Crippen LogP contribution in [0.25, 0.3) is 0 Å². The molecule has 1 fully saturated rings. The SMILES string of the molecule is CN1C(=O)C2C(=NC3=[N+]2CC(c2ccc(F)cc2)=NN3CC(=O)c2ccccc2)N(C)C1=O. The predicted molar refractivity (Wildman–Crippen MR) is 118 cm³/mol. The van der Waals surface area contributed by atoms with E-state index in [0.29, 0.717) is 22.8 Å². The fraction of sp³-hybridized carbons (Fsp3) is 0.217. The number of carbonyl (C=O) groups excluding carboxylic acids is 3. The van der Waals surface area contributed by atoms with Gasteiger partial charge in [-0.25, -0.2) is 13.8 Å². The molecule has 10 heteroatoms. The zero-order chi connectivity index (χ0) is 23.3. The average Bonchev–Trinajstić information content (AvgIpc) is 3.22. The van der Waals surface area contributed by atoms with Crippen LogP contribution in [0.1, 0.15) is 15.9 Å². The molecular formula is C23H20FN6O3+. The molecule has 0 radical (unpaired) electrons. The number of Topliss-reactive ketones (excluding diaryl/α,β-unsaturated/α-hetero) is 1. The van der Waals surface area contributed by atoms with Gasteiger partial charge in [0.25, 0.3) is 5.91 Å². The number of guanidine groups is 1. The van der Waals surface area contributed by atoms with Crippen molar-refractivity contribution >= 4 is 35.2 Å². The quantitative estimate of drug-likeness (QED) is 0.524. The molecule has 0 spiro atoms. The van der Waals surface area contributed by atoms with Crippen molar-refractivity contribution in [2.45, 2.75) is 6.04 Å². The fourth-order valence-electron chi connectivity index (χ4n) is 4.09. The third-order valence-electron chi connectivity index (χ3n) is 5.87. The Balaban J connectivity index is 1.56. The number of hydrogen-bond donors (Lipinski definition) is 0. The number of amidine groups is 1. The van der Waals surface area contributed by atoms with Crippen LogP contribution in [0, 0.1) is 5.82 Å². The minimum atomic E-state index is -0.826. The highest BCUT2D eigenvalue weighted by molar-refractivity contribution is 6.23. The molecule has 1 atom stereocenters. The maximum Gasteiger partial charge on any atom is 0.417 e. The van der Waals surface area contributed by atoms with Gasteiger partial charge in [0, 0.05) is 25.2 Å². The van der Waals surface area contributed by atoms with Gasteiger partial charge in [-0.2, -0.15) is 0 Å². The van der Waals surface area contributed by atoms with Gasteiger partial charge in [-0.15, -0.1) is 10.1 Å². The molecule has 5 rings (SSSR count). The summed E-state index contributed by atoms with van der Waals surface area (Å²) in [5.41, 5.74) is 1.72. The molecule has 166 valence electrons. The van der Waals surface area contributed by atoms with Crippen molar-refractivity contribution in [3.8, 4) is 0 Å². The number of hydrazone groups is 1. The lowest BCUT2D eigenvalue weighted by Crippen LogP contribution is -2.62. The number of urea groups is 1. The second kappa shape index (κ2) is 7.73. The molecule has 0 bridgehead atoms. The van der Waals surface area contributed by atoms with E-state index in [9.17, 15) is 18.8 Å². The van der Waals surface area contributed by atoms with Crippen LogP contribution in [0.15, 0.2) is 64.7 Å². The van der Waals surface area contributed by atoms with Gasteiger partial charge in [0.05, 0.1) is 0 Å². The van der Waals surface area contributed by atoms with E-state index in [1.54, 1.807) is 48.0 Å². The topological polar surface area (TPSA) is 88.7 Å². The Kier molecular flexibility index (Phi) is 4.85. The van der Waals surface area contributed by atoms with E-state index in [-0.39, 0.29) is 30.5 Å². The van der Waals surface area contributed by atoms with E-state index in [0.717, 1.165) is 4.90 Å². The maximum atomic E-state index is 13.5. The first kappa shape index (κ1) is 20.7. The van der Waals surface area contributed by atoms with Crippen molar-refractivity contribution in [3.63, 3.8) is 0 Å². The molecule has 2 aromatic carbocycles. The van der Waals surface area contributed by atoms with Crippen LogP contribution in [0.5, 0.6) is 0 Å². The average molecular weight is 447 g/mol. The van der Waals surface area contributed by atoms with Crippen molar-refractivity contribution in [2.75, 3.05) is 27.2 Å². The third-order valence-corrected chi connectivity index (χ3v) is 5.87. The van der Waals surface area contributed by atoms with Crippen LogP contribution in [0.2, 0.25) is 0 Å². The molecule has 3 amide bonds. The molecule has 3 heterocycles. The zero-order valence-corrected chi connectivity index (χ0v) is 18.0. The Hall–Kier alpha value is -4.21. The predicted octanol–water partition coefficient (Wildman–Crippen LogP) is 1.40. The van der Waals surface area contributed by atoms with Crippen LogP contribution < -0.4 is 0 Å². The summed E-state index contributed by atoms with van der Waals surface area (Å²) < 4.78 is 15.2. The molecule has 0 aromatic heterocycles. The maximum absolute atomic E-state index is 13.5. The number of nitrogens with zero attached hydrogens (tertiary/aromatic N) is 6. The highest BCUT2D eigenvalue weighted by Crippen LogP contribution is 2.23. The smallest absolute Gasteiger partial charge is 0.290 e. The number of hydrogen-bond acceptors (Lipinski definition) is 6. The number of fused-ring (bicyclic) bond motifs is 2. The summed E-state index contributed by atoms with van der Waals surface area (Å²) in [5, 5.41) is 6.07. The number of carbonyl (C=O) groups is 3. The van der Waals surface area contributed by atoms with E-state index in [1.807, 2.05) is 6.07 Å². The van der Waals surface area contributed by atoms with Crippen molar-refractivity contribution < 1.29 is 23.3 Å². The van der Waals surface area contributed by atoms with Gasteiger partial charge in [0.2, 0.25) is 11.9 Å². The monoisotopic (exact) mass is 447 g/mol. The summed E-state index contributed by atoms with van der Waals surface area (Å²) in [6.45, 7) is 0.0853. The van der Waals surface area contributed by atoms with Crippen LogP contribution in [-0.4, -0.2) is 87.8 Å². The summed E-state index contributed by atoms with van der Waals surface area (Å²) >= 11 is 0. The van der Waals surface area contributed by atoms with Gasteiger partial charge in [0.15, 0.2) is 12.3 Å². The van der Waals surface area contributed by atoms with E-state index in [2.05, 4.69) is 10.1 Å². The van der Waals surface area contributed by atoms with E-state index >= 15 is 0 Å². The highest BCUT2D eigenvalue weighted by atomic mass is 19.1. The lowest BCUT2D eigenvalue weighted by atomic mass is 10.1. The molecular weight excluding hydrogens is 427 g/mol. The second-order valence-corrected chi connectivity index (χ2v) is 7.94. The summed E-state index contributed by atoms with van der Waals surface area (Å²) in [6.07, 6.45) is 0. The van der Waals surface area contributed by atoms with Crippen LogP contribution in [-0.2, 0) is 4.79 Å². The first-order valence-electron chi connectivity index (χ1n) is 10.3. The molecule has 2 aromatic rings. The normalized spacial score (nSPS) is 20.0. The Morgan fingerprint density at radius 2 is 1.76 bits per heavy atom. The molecule has 1 unspecified atom stereocenters. The van der Waals surface area contributed by atoms with Gasteiger partial charge in [0.1, 0.15) is 18.1 Å². The molecule has 1 saturated heterocycles. The number of halogens is 1. The Bertz CT molecular complexity index is 1270. The van der Waals surface area contributed by atoms with Crippen LogP contribution >= 0.6 is 0 Å². The molecule has 0 aliphatic carbocycles. The number of imide groups is 1. The molecule has 0 N–H and O–H groups in total. The number of benzene rings is 2. The van der Waals surface area contributed by atoms with Crippen molar-refractivity contribution in [2.24, 2.45) is 10.1 Å². The van der Waals surface area contributed by atoms with Gasteiger partial charge in [-0.1, -0.05) is 47.5 Å². The first-order chi connectivity index (χ1) is 15.8. The van der Waals surface area contributed by atoms with Gasteiger partial charge in [-0.05, 0) is 12.1 Å². The largest absolute Gasteiger partial charge is 0.417 e. The minimum Gasteiger partial charge on any atom is -0.290 e. The second-order valence-electron chi connectivity index (χ2n) is 7.94. The van der Waals surface area contributed by atoms with Gasteiger partial charge >= 0.3 is 12.0 Å². The standard InChI is InChI=1S/C23H20FN6O3/c1-27-20-19(21(32)28(2)23(27)33)29-12-17(14-8-10-16(24)11-9-14)26-30(22(29)25-20)13-18(31)15-6-4-3-5-7-15/h3-11,19H,12-13H2,1-2H3/q+1. The number of likely N-dealkylation sites (N-methyl/N-ethyl adjacent to an activating group) is 2. The molecule has 3 aliphatic rings. The Labute approximate surface area is 188 Å². The van der Waals surface area contributed by atoms with E-state index < -0.39 is 18.0 Å². The zero-order valence-electron chi connectivity index (χ0n) is 18.0. The molecule has 9 nitrogen and oxygen atoms in total. The van der Waals surface area contributed by atoms with Gasteiger partial charge in [-0.3, -0.25) is 19.4 Å². The summed E-state index contributed by atoms with van der Waals surface area (Å²) in [6, 6.07) is 13.3. The summed E-state index contributed by atoms with van der Waals surface area (Å²) in [7, 11) is 2.98. The van der Waals surface area contributed by atoms with E-state index in [4.69, 9.17) is 0 Å². The molecule has 3 aliphatic heterocycles. The Morgan fingerprint density at radius 1 is 1.06 bits per heavy atom.